The van der Waals surface area contributed by atoms with Crippen LogP contribution in [0.5, 0.6) is 0 Å². The molecule has 0 spiro atoms. The molecule has 11 rings (SSSR count). The smallest absolute Gasteiger partial charge is 0.145 e. The van der Waals surface area contributed by atoms with E-state index in [4.69, 9.17) is 9.97 Å². The van der Waals surface area contributed by atoms with Crippen LogP contribution in [0.3, 0.4) is 0 Å². The largest absolute Gasteiger partial charge is 0.293 e. The highest BCUT2D eigenvalue weighted by Crippen LogP contribution is 2.41. The molecule has 0 unspecified atom stereocenters. The van der Waals surface area contributed by atoms with Crippen molar-refractivity contribution in [1.82, 2.24) is 14.5 Å². The number of benzene rings is 8. The number of fused-ring (bicyclic) bond motifs is 4. The standard InChI is InChI=1S/C56H39N3/c1-4-14-38(15-5-1)40-24-28-43(29-25-40)50-37-53(44-32-26-41(27-33-44)39-16-6-2-7-17-39)57-55-48-21-11-10-20-47(48)49(36-51(50)55)42-30-34-45(35-31-42)56-58-52-22-12-13-23-54(52)59(56)46-18-8-3-9-19-46/h1-2,4-8,10-37H,3,9H2. The van der Waals surface area contributed by atoms with Gasteiger partial charge >= 0.3 is 0 Å². The number of pyridine rings is 1. The number of aromatic nitrogens is 3. The zero-order valence-corrected chi connectivity index (χ0v) is 32.5. The Kier molecular flexibility index (Phi) is 8.63. The van der Waals surface area contributed by atoms with Crippen molar-refractivity contribution in [3.8, 4) is 67.2 Å². The average Bonchev–Trinajstić information content (AvgIpc) is 3.72. The molecule has 8 aromatic carbocycles. The van der Waals surface area contributed by atoms with E-state index in [0.29, 0.717) is 0 Å². The van der Waals surface area contributed by atoms with Crippen molar-refractivity contribution in [2.24, 2.45) is 0 Å². The molecular weight excluding hydrogens is 715 g/mol. The SMILES string of the molecule is C1=CC(n2c(-c3ccc(-c4cc5c(-c6ccc(-c7ccccc7)cc6)cc(-c6ccc(-c7ccccc7)cc6)nc5c5ccccc45)cc3)nc3ccccc32)=CCC1. The molecule has 3 nitrogen and oxygen atoms in total. The van der Waals surface area contributed by atoms with Crippen molar-refractivity contribution in [2.45, 2.75) is 12.8 Å². The second-order valence-electron chi connectivity index (χ2n) is 15.3. The van der Waals surface area contributed by atoms with Crippen LogP contribution in [0.1, 0.15) is 12.8 Å². The van der Waals surface area contributed by atoms with Crippen molar-refractivity contribution in [1.29, 1.82) is 0 Å². The van der Waals surface area contributed by atoms with E-state index in [9.17, 15) is 0 Å². The molecule has 10 aromatic rings. The maximum atomic E-state index is 5.47. The van der Waals surface area contributed by atoms with E-state index in [1.165, 1.54) is 38.9 Å². The molecule has 2 heterocycles. The van der Waals surface area contributed by atoms with Gasteiger partial charge in [-0.25, -0.2) is 9.97 Å². The fourth-order valence-corrected chi connectivity index (χ4v) is 8.66. The number of rotatable bonds is 7. The zero-order chi connectivity index (χ0) is 39.1. The molecule has 0 saturated carbocycles. The fourth-order valence-electron chi connectivity index (χ4n) is 8.66. The molecule has 59 heavy (non-hydrogen) atoms. The molecule has 0 N–H and O–H groups in total. The van der Waals surface area contributed by atoms with Gasteiger partial charge in [-0.15, -0.1) is 0 Å². The van der Waals surface area contributed by atoms with E-state index in [0.717, 1.165) is 79.5 Å². The Bertz CT molecular complexity index is 3210. The van der Waals surface area contributed by atoms with Gasteiger partial charge < -0.3 is 0 Å². The minimum Gasteiger partial charge on any atom is -0.293 e. The van der Waals surface area contributed by atoms with Crippen LogP contribution in [0.15, 0.2) is 212 Å². The van der Waals surface area contributed by atoms with Crippen molar-refractivity contribution in [2.75, 3.05) is 0 Å². The number of hydrogen-bond acceptors (Lipinski definition) is 2. The summed E-state index contributed by atoms with van der Waals surface area (Å²) in [7, 11) is 0. The Morgan fingerprint density at radius 3 is 1.56 bits per heavy atom. The van der Waals surface area contributed by atoms with Crippen LogP contribution in [0.4, 0.5) is 0 Å². The first kappa shape index (κ1) is 34.6. The van der Waals surface area contributed by atoms with Crippen LogP contribution in [-0.2, 0) is 0 Å². The van der Waals surface area contributed by atoms with Gasteiger partial charge in [0, 0.05) is 27.6 Å². The molecule has 0 aliphatic heterocycles. The lowest BCUT2D eigenvalue weighted by Gasteiger charge is -2.17. The summed E-state index contributed by atoms with van der Waals surface area (Å²) < 4.78 is 2.30. The molecule has 0 saturated heterocycles. The van der Waals surface area contributed by atoms with E-state index >= 15 is 0 Å². The predicted molar refractivity (Wildman–Crippen MR) is 248 cm³/mol. The van der Waals surface area contributed by atoms with Gasteiger partial charge in [0.1, 0.15) is 5.82 Å². The van der Waals surface area contributed by atoms with Crippen molar-refractivity contribution < 1.29 is 0 Å². The van der Waals surface area contributed by atoms with Gasteiger partial charge in [-0.05, 0) is 93.1 Å². The second-order valence-corrected chi connectivity index (χ2v) is 15.3. The van der Waals surface area contributed by atoms with Gasteiger partial charge in [-0.3, -0.25) is 4.57 Å². The first-order chi connectivity index (χ1) is 29.2. The Balaban J connectivity index is 1.07. The molecule has 2 aromatic heterocycles. The summed E-state index contributed by atoms with van der Waals surface area (Å²) in [5.41, 5.74) is 16.8. The van der Waals surface area contributed by atoms with Gasteiger partial charge in [-0.1, -0.05) is 182 Å². The highest BCUT2D eigenvalue weighted by atomic mass is 15.1. The lowest BCUT2D eigenvalue weighted by molar-refractivity contribution is 1.01. The average molecular weight is 754 g/mol. The van der Waals surface area contributed by atoms with Crippen LogP contribution in [-0.4, -0.2) is 14.5 Å². The third kappa shape index (κ3) is 6.34. The number of para-hydroxylation sites is 2. The molecule has 0 bridgehead atoms. The lowest BCUT2D eigenvalue weighted by atomic mass is 9.90. The number of hydrogen-bond donors (Lipinski definition) is 0. The van der Waals surface area contributed by atoms with Crippen LogP contribution in [0, 0.1) is 0 Å². The van der Waals surface area contributed by atoms with Gasteiger partial charge in [0.2, 0.25) is 0 Å². The highest BCUT2D eigenvalue weighted by molar-refractivity contribution is 6.16. The maximum absolute atomic E-state index is 5.47. The third-order valence-electron chi connectivity index (χ3n) is 11.7. The quantitative estimate of drug-likeness (QED) is 0.152. The van der Waals surface area contributed by atoms with Gasteiger partial charge in [-0.2, -0.15) is 0 Å². The first-order valence-corrected chi connectivity index (χ1v) is 20.4. The van der Waals surface area contributed by atoms with Crippen LogP contribution in [0.25, 0.3) is 106 Å². The summed E-state index contributed by atoms with van der Waals surface area (Å²) in [6, 6.07) is 69.6. The van der Waals surface area contributed by atoms with Crippen molar-refractivity contribution in [3.63, 3.8) is 0 Å². The van der Waals surface area contributed by atoms with Crippen molar-refractivity contribution >= 4 is 38.4 Å². The van der Waals surface area contributed by atoms with Crippen LogP contribution >= 0.6 is 0 Å². The molecular formula is C56H39N3. The summed E-state index contributed by atoms with van der Waals surface area (Å²) >= 11 is 0. The molecule has 1 aliphatic rings. The third-order valence-corrected chi connectivity index (χ3v) is 11.7. The Hall–Kier alpha value is -7.62. The minimum atomic E-state index is 0.951. The van der Waals surface area contributed by atoms with E-state index < -0.39 is 0 Å². The summed E-state index contributed by atoms with van der Waals surface area (Å²) in [6.07, 6.45) is 8.90. The minimum absolute atomic E-state index is 0.951. The molecule has 1 aliphatic carbocycles. The van der Waals surface area contributed by atoms with Gasteiger partial charge in [0.05, 0.1) is 22.2 Å². The Morgan fingerprint density at radius 1 is 0.390 bits per heavy atom. The summed E-state index contributed by atoms with van der Waals surface area (Å²) in [5, 5.41) is 3.43. The molecule has 0 radical (unpaired) electrons. The molecule has 0 amide bonds. The summed E-state index contributed by atoms with van der Waals surface area (Å²) in [4.78, 5) is 10.6. The van der Waals surface area contributed by atoms with Gasteiger partial charge in [0.15, 0.2) is 0 Å². The molecule has 0 fully saturated rings. The molecule has 278 valence electrons. The summed E-state index contributed by atoms with van der Waals surface area (Å²) in [6.45, 7) is 0. The predicted octanol–water partition coefficient (Wildman–Crippen LogP) is 14.9. The van der Waals surface area contributed by atoms with E-state index in [2.05, 4.69) is 217 Å². The Labute approximate surface area is 343 Å². The van der Waals surface area contributed by atoms with Crippen LogP contribution in [0.2, 0.25) is 0 Å². The monoisotopic (exact) mass is 753 g/mol. The van der Waals surface area contributed by atoms with E-state index in [-0.39, 0.29) is 0 Å². The maximum Gasteiger partial charge on any atom is 0.145 e. The van der Waals surface area contributed by atoms with Crippen LogP contribution < -0.4 is 0 Å². The lowest BCUT2D eigenvalue weighted by Crippen LogP contribution is -2.00. The second kappa shape index (κ2) is 14.7. The van der Waals surface area contributed by atoms with Gasteiger partial charge in [0.25, 0.3) is 0 Å². The Morgan fingerprint density at radius 2 is 0.915 bits per heavy atom. The van der Waals surface area contributed by atoms with Crippen molar-refractivity contribution in [3.05, 3.63) is 212 Å². The summed E-state index contributed by atoms with van der Waals surface area (Å²) in [5.74, 6) is 0.952. The topological polar surface area (TPSA) is 30.7 Å². The highest BCUT2D eigenvalue weighted by Gasteiger charge is 2.19. The molecule has 0 atom stereocenters. The number of imidazole rings is 1. The zero-order valence-electron chi connectivity index (χ0n) is 32.5. The number of nitrogens with zero attached hydrogens (tertiary/aromatic N) is 3. The normalized spacial score (nSPS) is 12.6. The molecule has 3 heteroatoms. The fraction of sp³-hybridized carbons (Fsp3) is 0.0357. The first-order valence-electron chi connectivity index (χ1n) is 20.4. The van der Waals surface area contributed by atoms with E-state index in [1.807, 2.05) is 0 Å². The van der Waals surface area contributed by atoms with E-state index in [1.54, 1.807) is 0 Å². The number of allylic oxidation sites excluding steroid dienone is 4.